The molecule has 0 atom stereocenters. The maximum Gasteiger partial charge on any atom is 0.251 e. The molecule has 104 valence electrons. The number of halogens is 1. The van der Waals surface area contributed by atoms with Crippen LogP contribution in [0.4, 0.5) is 0 Å². The summed E-state index contributed by atoms with van der Waals surface area (Å²) in [6.45, 7) is 0.785. The third-order valence-electron chi connectivity index (χ3n) is 3.45. The van der Waals surface area contributed by atoms with Gasteiger partial charge in [0, 0.05) is 35.4 Å². The zero-order chi connectivity index (χ0) is 14.1. The first-order chi connectivity index (χ1) is 9.61. The average molecular weight is 334 g/mol. The fourth-order valence-corrected chi connectivity index (χ4v) is 2.61. The molecule has 0 bridgehead atoms. The first-order valence-corrected chi connectivity index (χ1v) is 7.49. The molecule has 1 fully saturated rings. The Labute approximate surface area is 126 Å². The minimum atomic E-state index is -0.0108. The summed E-state index contributed by atoms with van der Waals surface area (Å²) in [5.41, 5.74) is 2.67. The number of aryl methyl sites for hydroxylation is 1. The van der Waals surface area contributed by atoms with E-state index >= 15 is 0 Å². The number of aromatic nitrogens is 2. The van der Waals surface area contributed by atoms with Crippen LogP contribution in [0, 0.1) is 5.92 Å². The van der Waals surface area contributed by atoms with Gasteiger partial charge in [-0.3, -0.25) is 9.48 Å². The lowest BCUT2D eigenvalue weighted by Crippen LogP contribution is -2.25. The van der Waals surface area contributed by atoms with Gasteiger partial charge < -0.3 is 5.32 Å². The second kappa shape index (κ2) is 5.40. The second-order valence-corrected chi connectivity index (χ2v) is 6.20. The zero-order valence-corrected chi connectivity index (χ0v) is 12.9. The molecule has 1 amide bonds. The molecule has 4 nitrogen and oxygen atoms in total. The standard InChI is InChI=1S/C15H16BrN3O/c1-19-9-13(8-18-19)11-4-12(6-14(16)5-11)15(20)17-7-10-2-3-10/h4-6,8-10H,2-3,7H2,1H3,(H,17,20). The molecule has 1 heterocycles. The fraction of sp³-hybridized carbons (Fsp3) is 0.333. The molecule has 0 unspecified atom stereocenters. The number of hydrogen-bond acceptors (Lipinski definition) is 2. The Kier molecular flexibility index (Phi) is 3.61. The summed E-state index contributed by atoms with van der Waals surface area (Å²) in [7, 11) is 1.88. The summed E-state index contributed by atoms with van der Waals surface area (Å²) in [6, 6.07) is 5.75. The quantitative estimate of drug-likeness (QED) is 0.934. The van der Waals surface area contributed by atoms with Crippen molar-refractivity contribution in [2.24, 2.45) is 13.0 Å². The Balaban J connectivity index is 1.83. The average Bonchev–Trinajstić information content (AvgIpc) is 3.15. The molecule has 1 saturated carbocycles. The minimum absolute atomic E-state index is 0.0108. The van der Waals surface area contributed by atoms with E-state index in [1.807, 2.05) is 31.4 Å². The molecule has 0 saturated heterocycles. The first kappa shape index (κ1) is 13.4. The number of benzene rings is 1. The van der Waals surface area contributed by atoms with Gasteiger partial charge in [-0.15, -0.1) is 0 Å². The van der Waals surface area contributed by atoms with Crippen LogP contribution in [0.25, 0.3) is 11.1 Å². The van der Waals surface area contributed by atoms with E-state index in [2.05, 4.69) is 26.3 Å². The molecular weight excluding hydrogens is 318 g/mol. The maximum absolute atomic E-state index is 12.2. The first-order valence-electron chi connectivity index (χ1n) is 6.69. The van der Waals surface area contributed by atoms with E-state index in [1.54, 1.807) is 10.9 Å². The van der Waals surface area contributed by atoms with Crippen LogP contribution in [0.1, 0.15) is 23.2 Å². The van der Waals surface area contributed by atoms with Gasteiger partial charge >= 0.3 is 0 Å². The van der Waals surface area contributed by atoms with Gasteiger partial charge in [0.2, 0.25) is 0 Å². The summed E-state index contributed by atoms with van der Waals surface area (Å²) >= 11 is 3.47. The van der Waals surface area contributed by atoms with Crippen molar-refractivity contribution in [3.05, 3.63) is 40.6 Å². The highest BCUT2D eigenvalue weighted by molar-refractivity contribution is 9.10. The lowest BCUT2D eigenvalue weighted by molar-refractivity contribution is 0.0952. The van der Waals surface area contributed by atoms with Crippen molar-refractivity contribution in [3.8, 4) is 11.1 Å². The highest BCUT2D eigenvalue weighted by atomic mass is 79.9. The van der Waals surface area contributed by atoms with Crippen LogP contribution in [-0.2, 0) is 7.05 Å². The number of hydrogen-bond donors (Lipinski definition) is 1. The van der Waals surface area contributed by atoms with E-state index in [0.717, 1.165) is 22.1 Å². The highest BCUT2D eigenvalue weighted by Crippen LogP contribution is 2.28. The summed E-state index contributed by atoms with van der Waals surface area (Å²) in [6.07, 6.45) is 6.21. The lowest BCUT2D eigenvalue weighted by Gasteiger charge is -2.07. The van der Waals surface area contributed by atoms with E-state index in [9.17, 15) is 4.79 Å². The zero-order valence-electron chi connectivity index (χ0n) is 11.3. The van der Waals surface area contributed by atoms with Crippen LogP contribution in [0.5, 0.6) is 0 Å². The Hall–Kier alpha value is -1.62. The monoisotopic (exact) mass is 333 g/mol. The van der Waals surface area contributed by atoms with E-state index in [1.165, 1.54) is 12.8 Å². The van der Waals surface area contributed by atoms with Crippen molar-refractivity contribution in [2.45, 2.75) is 12.8 Å². The molecule has 1 aliphatic rings. The van der Waals surface area contributed by atoms with Crippen LogP contribution in [-0.4, -0.2) is 22.2 Å². The Morgan fingerprint density at radius 3 is 2.85 bits per heavy atom. The summed E-state index contributed by atoms with van der Waals surface area (Å²) < 4.78 is 2.65. The van der Waals surface area contributed by atoms with Gasteiger partial charge in [-0.05, 0) is 42.5 Å². The molecule has 3 rings (SSSR count). The Morgan fingerprint density at radius 1 is 1.40 bits per heavy atom. The second-order valence-electron chi connectivity index (χ2n) is 5.28. The van der Waals surface area contributed by atoms with Crippen LogP contribution in [0.2, 0.25) is 0 Å². The number of nitrogens with zero attached hydrogens (tertiary/aromatic N) is 2. The van der Waals surface area contributed by atoms with E-state index in [-0.39, 0.29) is 5.91 Å². The third kappa shape index (κ3) is 3.10. The number of nitrogens with one attached hydrogen (secondary N) is 1. The number of carbonyl (C=O) groups excluding carboxylic acids is 1. The Bertz CT molecular complexity index is 646. The van der Waals surface area contributed by atoms with Crippen molar-refractivity contribution in [1.29, 1.82) is 0 Å². The summed E-state index contributed by atoms with van der Waals surface area (Å²) in [4.78, 5) is 12.2. The van der Waals surface area contributed by atoms with Gasteiger partial charge in [-0.1, -0.05) is 15.9 Å². The molecule has 20 heavy (non-hydrogen) atoms. The van der Waals surface area contributed by atoms with Crippen LogP contribution in [0.3, 0.4) is 0 Å². The number of carbonyl (C=O) groups is 1. The lowest BCUT2D eigenvalue weighted by atomic mass is 10.1. The van der Waals surface area contributed by atoms with E-state index in [0.29, 0.717) is 11.5 Å². The van der Waals surface area contributed by atoms with Gasteiger partial charge in [0.15, 0.2) is 0 Å². The van der Waals surface area contributed by atoms with Gasteiger partial charge in [0.05, 0.1) is 6.20 Å². The fourth-order valence-electron chi connectivity index (χ4n) is 2.12. The predicted octanol–water partition coefficient (Wildman–Crippen LogP) is 2.99. The molecule has 2 aromatic rings. The van der Waals surface area contributed by atoms with Crippen molar-refractivity contribution in [3.63, 3.8) is 0 Å². The van der Waals surface area contributed by atoms with Crippen molar-refractivity contribution in [1.82, 2.24) is 15.1 Å². The molecule has 0 aliphatic heterocycles. The predicted molar refractivity (Wildman–Crippen MR) is 81.4 cm³/mol. The van der Waals surface area contributed by atoms with Crippen LogP contribution in [0.15, 0.2) is 35.1 Å². The molecule has 5 heteroatoms. The van der Waals surface area contributed by atoms with Crippen molar-refractivity contribution >= 4 is 21.8 Å². The van der Waals surface area contributed by atoms with Gasteiger partial charge in [-0.25, -0.2) is 0 Å². The SMILES string of the molecule is Cn1cc(-c2cc(Br)cc(C(=O)NCC3CC3)c2)cn1. The van der Waals surface area contributed by atoms with Gasteiger partial charge in [-0.2, -0.15) is 5.10 Å². The normalized spacial score (nSPS) is 14.3. The molecular formula is C15H16BrN3O. The largest absolute Gasteiger partial charge is 0.352 e. The minimum Gasteiger partial charge on any atom is -0.352 e. The van der Waals surface area contributed by atoms with Crippen molar-refractivity contribution < 1.29 is 4.79 Å². The molecule has 1 aliphatic carbocycles. The molecule has 0 spiro atoms. The van der Waals surface area contributed by atoms with E-state index < -0.39 is 0 Å². The van der Waals surface area contributed by atoms with Gasteiger partial charge in [0.1, 0.15) is 0 Å². The smallest absolute Gasteiger partial charge is 0.251 e. The highest BCUT2D eigenvalue weighted by Gasteiger charge is 2.22. The van der Waals surface area contributed by atoms with Crippen LogP contribution >= 0.6 is 15.9 Å². The third-order valence-corrected chi connectivity index (χ3v) is 3.90. The van der Waals surface area contributed by atoms with E-state index in [4.69, 9.17) is 0 Å². The topological polar surface area (TPSA) is 46.9 Å². The van der Waals surface area contributed by atoms with Gasteiger partial charge in [0.25, 0.3) is 5.91 Å². The number of rotatable bonds is 4. The molecule has 1 aromatic heterocycles. The molecule has 1 aromatic carbocycles. The Morgan fingerprint density at radius 2 is 2.20 bits per heavy atom. The molecule has 1 N–H and O–H groups in total. The summed E-state index contributed by atoms with van der Waals surface area (Å²) in [5, 5.41) is 7.16. The number of amides is 1. The summed E-state index contributed by atoms with van der Waals surface area (Å²) in [5.74, 6) is 0.673. The van der Waals surface area contributed by atoms with Crippen molar-refractivity contribution in [2.75, 3.05) is 6.54 Å². The molecule has 0 radical (unpaired) electrons. The van der Waals surface area contributed by atoms with Crippen LogP contribution < -0.4 is 5.32 Å². The maximum atomic E-state index is 12.2.